The molecule has 0 bridgehead atoms. The lowest BCUT2D eigenvalue weighted by Gasteiger charge is -2.06. The molecule has 0 saturated carbocycles. The molecule has 3 N–H and O–H groups in total. The Bertz CT molecular complexity index is 755. The van der Waals surface area contributed by atoms with Crippen LogP contribution in [0, 0.1) is 5.82 Å². The summed E-state index contributed by atoms with van der Waals surface area (Å²) in [6.45, 7) is 0. The largest absolute Gasteiger partial charge is 0.382 e. The maximum Gasteiger partial charge on any atom is 0.153 e. The fourth-order valence-corrected chi connectivity index (χ4v) is 2.41. The van der Waals surface area contributed by atoms with E-state index in [0.29, 0.717) is 22.6 Å². The van der Waals surface area contributed by atoms with Gasteiger partial charge in [0.25, 0.3) is 0 Å². The van der Waals surface area contributed by atoms with E-state index in [4.69, 9.17) is 5.73 Å². The number of aromatic nitrogens is 3. The fourth-order valence-electron chi connectivity index (χ4n) is 2.05. The zero-order valence-corrected chi connectivity index (χ0v) is 11.9. The Balaban J connectivity index is 2.24. The second-order valence-corrected chi connectivity index (χ2v) is 5.13. The Labute approximate surface area is 123 Å². The van der Waals surface area contributed by atoms with Gasteiger partial charge in [0.05, 0.1) is 11.3 Å². The highest BCUT2D eigenvalue weighted by atomic mass is 79.9. The summed E-state index contributed by atoms with van der Waals surface area (Å²) in [5.41, 5.74) is 8.37. The van der Waals surface area contributed by atoms with Gasteiger partial charge >= 0.3 is 0 Å². The number of nitrogens with one attached hydrogen (secondary N) is 1. The summed E-state index contributed by atoms with van der Waals surface area (Å²) in [6, 6.07) is 8.34. The van der Waals surface area contributed by atoms with Crippen molar-refractivity contribution in [3.63, 3.8) is 0 Å². The van der Waals surface area contributed by atoms with Gasteiger partial charge in [-0.3, -0.25) is 10.1 Å². The number of pyridine rings is 1. The van der Waals surface area contributed by atoms with Crippen LogP contribution in [0.4, 0.5) is 10.2 Å². The predicted octanol–water partition coefficient (Wildman–Crippen LogP) is 3.62. The highest BCUT2D eigenvalue weighted by Crippen LogP contribution is 2.36. The molecule has 0 spiro atoms. The van der Waals surface area contributed by atoms with Crippen LogP contribution in [0.25, 0.3) is 22.4 Å². The van der Waals surface area contributed by atoms with E-state index < -0.39 is 0 Å². The first kappa shape index (κ1) is 12.8. The van der Waals surface area contributed by atoms with E-state index in [1.54, 1.807) is 36.7 Å². The summed E-state index contributed by atoms with van der Waals surface area (Å²) in [5, 5.41) is 6.79. The standard InChI is InChI=1S/C14H10BrFN4/c15-9-1-2-11(16)10(7-9)13-12(14(17)20-19-13)8-3-5-18-6-4-8/h1-7H,(H3,17,19,20). The third-order valence-corrected chi connectivity index (χ3v) is 3.45. The molecule has 0 radical (unpaired) electrons. The normalized spacial score (nSPS) is 10.7. The summed E-state index contributed by atoms with van der Waals surface area (Å²) in [4.78, 5) is 3.97. The van der Waals surface area contributed by atoms with Crippen molar-refractivity contribution in [2.45, 2.75) is 0 Å². The lowest BCUT2D eigenvalue weighted by molar-refractivity contribution is 0.630. The summed E-state index contributed by atoms with van der Waals surface area (Å²) < 4.78 is 14.8. The zero-order chi connectivity index (χ0) is 14.1. The van der Waals surface area contributed by atoms with Crippen molar-refractivity contribution in [2.75, 3.05) is 5.73 Å². The number of H-pyrrole nitrogens is 1. The predicted molar refractivity (Wildman–Crippen MR) is 79.3 cm³/mol. The molecule has 0 amide bonds. The molecule has 0 fully saturated rings. The lowest BCUT2D eigenvalue weighted by atomic mass is 10.0. The number of nitrogens with zero attached hydrogens (tertiary/aromatic N) is 2. The topological polar surface area (TPSA) is 67.6 Å². The van der Waals surface area contributed by atoms with Crippen LogP contribution in [0.15, 0.2) is 47.2 Å². The molecule has 4 nitrogen and oxygen atoms in total. The minimum atomic E-state index is -0.341. The molecule has 0 atom stereocenters. The summed E-state index contributed by atoms with van der Waals surface area (Å²) in [5.74, 6) is -0.0160. The minimum absolute atomic E-state index is 0.325. The van der Waals surface area contributed by atoms with Crippen LogP contribution in [-0.4, -0.2) is 15.2 Å². The van der Waals surface area contributed by atoms with E-state index in [1.807, 2.05) is 0 Å². The molecule has 3 rings (SSSR count). The lowest BCUT2D eigenvalue weighted by Crippen LogP contribution is -1.90. The first-order chi connectivity index (χ1) is 9.66. The summed E-state index contributed by atoms with van der Waals surface area (Å²) in [6.07, 6.45) is 3.31. The van der Waals surface area contributed by atoms with Gasteiger partial charge in [-0.1, -0.05) is 15.9 Å². The molecule has 0 unspecified atom stereocenters. The van der Waals surface area contributed by atoms with Gasteiger partial charge in [-0.15, -0.1) is 0 Å². The van der Waals surface area contributed by atoms with E-state index in [9.17, 15) is 4.39 Å². The monoisotopic (exact) mass is 332 g/mol. The highest BCUT2D eigenvalue weighted by molar-refractivity contribution is 9.10. The Morgan fingerprint density at radius 1 is 1.15 bits per heavy atom. The van der Waals surface area contributed by atoms with Gasteiger partial charge in [0, 0.05) is 22.4 Å². The van der Waals surface area contributed by atoms with Crippen LogP contribution >= 0.6 is 15.9 Å². The van der Waals surface area contributed by atoms with E-state index in [2.05, 4.69) is 31.1 Å². The average molecular weight is 333 g/mol. The maximum absolute atomic E-state index is 14.0. The average Bonchev–Trinajstić information content (AvgIpc) is 2.84. The van der Waals surface area contributed by atoms with Crippen molar-refractivity contribution in [3.8, 4) is 22.4 Å². The number of rotatable bonds is 2. The molecule has 20 heavy (non-hydrogen) atoms. The quantitative estimate of drug-likeness (QED) is 0.753. The molecule has 1 aromatic carbocycles. The Morgan fingerprint density at radius 2 is 1.90 bits per heavy atom. The molecule has 0 aliphatic rings. The zero-order valence-electron chi connectivity index (χ0n) is 10.3. The van der Waals surface area contributed by atoms with Crippen LogP contribution in [0.1, 0.15) is 0 Å². The molecule has 100 valence electrons. The van der Waals surface area contributed by atoms with Gasteiger partial charge in [-0.05, 0) is 35.9 Å². The van der Waals surface area contributed by atoms with Crippen molar-refractivity contribution in [2.24, 2.45) is 0 Å². The van der Waals surface area contributed by atoms with Gasteiger partial charge in [-0.25, -0.2) is 4.39 Å². The van der Waals surface area contributed by atoms with Crippen LogP contribution in [0.3, 0.4) is 0 Å². The number of hydrogen-bond acceptors (Lipinski definition) is 3. The van der Waals surface area contributed by atoms with Crippen molar-refractivity contribution in [1.29, 1.82) is 0 Å². The molecule has 2 aromatic heterocycles. The molecule has 2 heterocycles. The van der Waals surface area contributed by atoms with Crippen molar-refractivity contribution in [3.05, 3.63) is 53.0 Å². The Kier molecular flexibility index (Phi) is 3.23. The molecular formula is C14H10BrFN4. The van der Waals surface area contributed by atoms with Crippen LogP contribution in [0.5, 0.6) is 0 Å². The molecular weight excluding hydrogens is 323 g/mol. The van der Waals surface area contributed by atoms with Crippen LogP contribution < -0.4 is 5.73 Å². The number of anilines is 1. The second-order valence-electron chi connectivity index (χ2n) is 4.22. The third kappa shape index (κ3) is 2.18. The van der Waals surface area contributed by atoms with E-state index in [1.165, 1.54) is 6.07 Å². The van der Waals surface area contributed by atoms with Crippen molar-refractivity contribution in [1.82, 2.24) is 15.2 Å². The van der Waals surface area contributed by atoms with E-state index in [0.717, 1.165) is 10.0 Å². The number of aromatic amines is 1. The molecule has 0 aliphatic heterocycles. The first-order valence-corrected chi connectivity index (χ1v) is 6.66. The third-order valence-electron chi connectivity index (χ3n) is 2.96. The van der Waals surface area contributed by atoms with E-state index in [-0.39, 0.29) is 5.82 Å². The maximum atomic E-state index is 14.0. The number of nitrogen functional groups attached to an aromatic ring is 1. The second kappa shape index (κ2) is 5.05. The number of nitrogens with two attached hydrogens (primary N) is 1. The molecule has 0 saturated heterocycles. The van der Waals surface area contributed by atoms with E-state index >= 15 is 0 Å². The Morgan fingerprint density at radius 3 is 2.65 bits per heavy atom. The van der Waals surface area contributed by atoms with Crippen LogP contribution in [-0.2, 0) is 0 Å². The SMILES string of the molecule is Nc1n[nH]c(-c2cc(Br)ccc2F)c1-c1ccncc1. The van der Waals surface area contributed by atoms with Gasteiger partial charge in [0.2, 0.25) is 0 Å². The molecule has 3 aromatic rings. The van der Waals surface area contributed by atoms with Crippen molar-refractivity contribution < 1.29 is 4.39 Å². The number of hydrogen-bond donors (Lipinski definition) is 2. The number of benzene rings is 1. The summed E-state index contributed by atoms with van der Waals surface area (Å²) in [7, 11) is 0. The van der Waals surface area contributed by atoms with Gasteiger partial charge < -0.3 is 5.73 Å². The van der Waals surface area contributed by atoms with Gasteiger partial charge in [0.1, 0.15) is 5.82 Å². The van der Waals surface area contributed by atoms with Gasteiger partial charge in [-0.2, -0.15) is 5.10 Å². The molecule has 6 heteroatoms. The Hall–Kier alpha value is -2.21. The van der Waals surface area contributed by atoms with Crippen molar-refractivity contribution >= 4 is 21.7 Å². The summed E-state index contributed by atoms with van der Waals surface area (Å²) >= 11 is 3.34. The minimum Gasteiger partial charge on any atom is -0.382 e. The fraction of sp³-hybridized carbons (Fsp3) is 0. The number of halogens is 2. The molecule has 0 aliphatic carbocycles. The highest BCUT2D eigenvalue weighted by Gasteiger charge is 2.17. The smallest absolute Gasteiger partial charge is 0.153 e. The van der Waals surface area contributed by atoms with Crippen LogP contribution in [0.2, 0.25) is 0 Å². The first-order valence-electron chi connectivity index (χ1n) is 5.86. The van der Waals surface area contributed by atoms with Gasteiger partial charge in [0.15, 0.2) is 5.82 Å².